The topological polar surface area (TPSA) is 103 Å². The first kappa shape index (κ1) is 18.6. The summed E-state index contributed by atoms with van der Waals surface area (Å²) in [6.45, 7) is 6.55. The normalized spacial score (nSPS) is 12.9. The van der Waals surface area contributed by atoms with Crippen LogP contribution in [0.5, 0.6) is 0 Å². The lowest BCUT2D eigenvalue weighted by Gasteiger charge is -2.25. The SMILES string of the molecule is CCCn1nc2c(N)nc3ccccc3c2c1CC(C)(C)NS(C)(=O)=O. The molecule has 0 saturated heterocycles. The lowest BCUT2D eigenvalue weighted by Crippen LogP contribution is -2.44. The summed E-state index contributed by atoms with van der Waals surface area (Å²) in [6, 6.07) is 7.81. The van der Waals surface area contributed by atoms with E-state index in [1.807, 2.05) is 42.8 Å². The molecule has 2 aromatic heterocycles. The Morgan fingerprint density at radius 3 is 2.62 bits per heavy atom. The zero-order chi connectivity index (χ0) is 19.1. The van der Waals surface area contributed by atoms with Crippen LogP contribution in [0, 0.1) is 0 Å². The van der Waals surface area contributed by atoms with Gasteiger partial charge in [0.05, 0.1) is 11.8 Å². The maximum atomic E-state index is 11.8. The molecular weight excluding hydrogens is 350 g/mol. The smallest absolute Gasteiger partial charge is 0.209 e. The van der Waals surface area contributed by atoms with E-state index < -0.39 is 15.6 Å². The lowest BCUT2D eigenvalue weighted by molar-refractivity contribution is 0.433. The first-order chi connectivity index (χ1) is 12.1. The van der Waals surface area contributed by atoms with E-state index in [0.717, 1.165) is 34.9 Å². The number of nitrogen functional groups attached to an aromatic ring is 1. The van der Waals surface area contributed by atoms with Gasteiger partial charge in [0.25, 0.3) is 0 Å². The molecule has 0 atom stereocenters. The van der Waals surface area contributed by atoms with E-state index >= 15 is 0 Å². The highest BCUT2D eigenvalue weighted by atomic mass is 32.2. The standard InChI is InChI=1S/C18H25N5O2S/c1-5-10-23-14(11-18(2,3)22-26(4,24)25)15-12-8-6-7-9-13(12)20-17(19)16(15)21-23/h6-9,22H,5,10-11H2,1-4H3,(H2,19,20). The minimum Gasteiger partial charge on any atom is -0.382 e. The van der Waals surface area contributed by atoms with Crippen molar-refractivity contribution < 1.29 is 8.42 Å². The van der Waals surface area contributed by atoms with Crippen LogP contribution in [0.25, 0.3) is 21.8 Å². The number of hydrogen-bond donors (Lipinski definition) is 2. The third kappa shape index (κ3) is 3.66. The number of pyridine rings is 1. The van der Waals surface area contributed by atoms with Crippen molar-refractivity contribution in [2.75, 3.05) is 12.0 Å². The maximum Gasteiger partial charge on any atom is 0.209 e. The second-order valence-corrected chi connectivity index (χ2v) is 9.09. The van der Waals surface area contributed by atoms with E-state index in [1.165, 1.54) is 6.26 Å². The van der Waals surface area contributed by atoms with Crippen LogP contribution in [0.1, 0.15) is 32.9 Å². The summed E-state index contributed by atoms with van der Waals surface area (Å²) in [5.41, 5.74) is 7.95. The second-order valence-electron chi connectivity index (χ2n) is 7.34. The molecule has 0 fully saturated rings. The number of hydrogen-bond acceptors (Lipinski definition) is 5. The van der Waals surface area contributed by atoms with E-state index in [0.29, 0.717) is 17.8 Å². The van der Waals surface area contributed by atoms with E-state index in [4.69, 9.17) is 5.73 Å². The van der Waals surface area contributed by atoms with Gasteiger partial charge in [-0.1, -0.05) is 25.1 Å². The minimum absolute atomic E-state index is 0.392. The molecule has 3 aromatic rings. The second kappa shape index (κ2) is 6.51. The van der Waals surface area contributed by atoms with Gasteiger partial charge in [0.2, 0.25) is 10.0 Å². The molecule has 26 heavy (non-hydrogen) atoms. The molecular formula is C18H25N5O2S. The predicted molar refractivity (Wildman–Crippen MR) is 105 cm³/mol. The first-order valence-electron chi connectivity index (χ1n) is 8.64. The molecule has 0 aliphatic carbocycles. The summed E-state index contributed by atoms with van der Waals surface area (Å²) < 4.78 is 28.2. The van der Waals surface area contributed by atoms with Crippen LogP contribution in [-0.2, 0) is 23.0 Å². The van der Waals surface area contributed by atoms with Crippen molar-refractivity contribution in [2.24, 2.45) is 0 Å². The van der Waals surface area contributed by atoms with E-state index in [-0.39, 0.29) is 0 Å². The van der Waals surface area contributed by atoms with Crippen molar-refractivity contribution in [1.82, 2.24) is 19.5 Å². The highest BCUT2D eigenvalue weighted by Gasteiger charge is 2.27. The molecule has 3 rings (SSSR count). The Morgan fingerprint density at radius 2 is 1.96 bits per heavy atom. The molecule has 140 valence electrons. The third-order valence-electron chi connectivity index (χ3n) is 4.22. The van der Waals surface area contributed by atoms with Crippen LogP contribution >= 0.6 is 0 Å². The van der Waals surface area contributed by atoms with Crippen molar-refractivity contribution >= 4 is 37.6 Å². The largest absolute Gasteiger partial charge is 0.382 e. The number of aromatic nitrogens is 3. The zero-order valence-electron chi connectivity index (χ0n) is 15.6. The monoisotopic (exact) mass is 375 g/mol. The van der Waals surface area contributed by atoms with Gasteiger partial charge >= 0.3 is 0 Å². The quantitative estimate of drug-likeness (QED) is 0.689. The average molecular weight is 375 g/mol. The zero-order valence-corrected chi connectivity index (χ0v) is 16.4. The summed E-state index contributed by atoms with van der Waals surface area (Å²) in [7, 11) is -3.33. The van der Waals surface area contributed by atoms with Crippen LogP contribution in [0.3, 0.4) is 0 Å². The van der Waals surface area contributed by atoms with Crippen molar-refractivity contribution in [2.45, 2.75) is 45.7 Å². The molecule has 0 amide bonds. The Kier molecular flexibility index (Phi) is 4.66. The Hall–Kier alpha value is -2.19. The molecule has 8 heteroatoms. The Balaban J connectivity index is 2.26. The lowest BCUT2D eigenvalue weighted by atomic mass is 9.96. The fraction of sp³-hybridized carbons (Fsp3) is 0.444. The van der Waals surface area contributed by atoms with Gasteiger partial charge in [0.1, 0.15) is 5.52 Å². The fourth-order valence-corrected chi connectivity index (χ4v) is 4.53. The molecule has 7 nitrogen and oxygen atoms in total. The van der Waals surface area contributed by atoms with Crippen LogP contribution in [0.15, 0.2) is 24.3 Å². The maximum absolute atomic E-state index is 11.8. The summed E-state index contributed by atoms with van der Waals surface area (Å²) in [6.07, 6.45) is 2.57. The van der Waals surface area contributed by atoms with Crippen molar-refractivity contribution in [3.8, 4) is 0 Å². The highest BCUT2D eigenvalue weighted by Crippen LogP contribution is 2.32. The molecule has 3 N–H and O–H groups in total. The van der Waals surface area contributed by atoms with Crippen molar-refractivity contribution in [1.29, 1.82) is 0 Å². The van der Waals surface area contributed by atoms with E-state index in [2.05, 4.69) is 21.7 Å². The number of rotatable bonds is 6. The number of aryl methyl sites for hydroxylation is 1. The molecule has 1 aromatic carbocycles. The Labute approximate surface area is 153 Å². The number of benzene rings is 1. The number of anilines is 1. The Bertz CT molecular complexity index is 1070. The van der Waals surface area contributed by atoms with Gasteiger partial charge in [-0.25, -0.2) is 18.1 Å². The van der Waals surface area contributed by atoms with Crippen LogP contribution < -0.4 is 10.5 Å². The van der Waals surface area contributed by atoms with Gasteiger partial charge in [0, 0.05) is 35.0 Å². The van der Waals surface area contributed by atoms with E-state index in [9.17, 15) is 8.42 Å². The van der Waals surface area contributed by atoms with Crippen LogP contribution in [0.2, 0.25) is 0 Å². The molecule has 0 saturated carbocycles. The summed E-state index contributed by atoms with van der Waals surface area (Å²) in [4.78, 5) is 4.46. The molecule has 0 aliphatic rings. The number of nitrogens with two attached hydrogens (primary N) is 1. The van der Waals surface area contributed by atoms with Gasteiger partial charge < -0.3 is 5.73 Å². The fourth-order valence-electron chi connectivity index (χ4n) is 3.46. The third-order valence-corrected chi connectivity index (χ3v) is 5.14. The van der Waals surface area contributed by atoms with Gasteiger partial charge in [-0.15, -0.1) is 0 Å². The number of nitrogens with zero attached hydrogens (tertiary/aromatic N) is 3. The van der Waals surface area contributed by atoms with Gasteiger partial charge in [-0.05, 0) is 26.3 Å². The summed E-state index contributed by atoms with van der Waals surface area (Å²) in [5.74, 6) is 0.392. The first-order valence-corrected chi connectivity index (χ1v) is 10.5. The number of nitrogens with one attached hydrogen (secondary N) is 1. The highest BCUT2D eigenvalue weighted by molar-refractivity contribution is 7.88. The Morgan fingerprint density at radius 1 is 1.27 bits per heavy atom. The van der Waals surface area contributed by atoms with Crippen molar-refractivity contribution in [3.05, 3.63) is 30.0 Å². The molecule has 2 heterocycles. The van der Waals surface area contributed by atoms with Crippen LogP contribution in [0.4, 0.5) is 5.82 Å². The predicted octanol–water partition coefficient (Wildman–Crippen LogP) is 2.45. The summed E-state index contributed by atoms with van der Waals surface area (Å²) >= 11 is 0. The van der Waals surface area contributed by atoms with Crippen molar-refractivity contribution in [3.63, 3.8) is 0 Å². The van der Waals surface area contributed by atoms with Gasteiger partial charge in [-0.3, -0.25) is 4.68 Å². The molecule has 0 bridgehead atoms. The number of fused-ring (bicyclic) bond motifs is 3. The van der Waals surface area contributed by atoms with E-state index in [1.54, 1.807) is 0 Å². The molecule has 0 aliphatic heterocycles. The average Bonchev–Trinajstić information content (AvgIpc) is 2.84. The van der Waals surface area contributed by atoms with Gasteiger partial charge in [0.15, 0.2) is 5.82 Å². The molecule has 0 radical (unpaired) electrons. The number of sulfonamides is 1. The van der Waals surface area contributed by atoms with Crippen LogP contribution in [-0.4, -0.2) is 35.0 Å². The number of para-hydroxylation sites is 1. The molecule has 0 spiro atoms. The summed E-state index contributed by atoms with van der Waals surface area (Å²) in [5, 5.41) is 6.61. The molecule has 0 unspecified atom stereocenters. The minimum atomic E-state index is -3.33. The van der Waals surface area contributed by atoms with Gasteiger partial charge in [-0.2, -0.15) is 5.10 Å².